The van der Waals surface area contributed by atoms with E-state index in [-0.39, 0.29) is 5.56 Å². The van der Waals surface area contributed by atoms with Crippen molar-refractivity contribution >= 4 is 56.7 Å². The molecule has 6 nitrogen and oxygen atoms in total. The molecule has 0 bridgehead atoms. The van der Waals surface area contributed by atoms with Crippen LogP contribution in [0, 0.1) is 3.57 Å². The number of esters is 1. The van der Waals surface area contributed by atoms with Gasteiger partial charge in [-0.05, 0) is 58.3 Å². The SMILES string of the molecule is NC(=O)c1ccsc1NC(=O)COC(=O)c1ccc(I)cc1. The lowest BCUT2D eigenvalue weighted by Gasteiger charge is -2.06. The van der Waals surface area contributed by atoms with Crippen molar-refractivity contribution in [1.29, 1.82) is 0 Å². The van der Waals surface area contributed by atoms with Gasteiger partial charge in [-0.15, -0.1) is 11.3 Å². The van der Waals surface area contributed by atoms with Gasteiger partial charge in [0.15, 0.2) is 6.61 Å². The first-order chi connectivity index (χ1) is 10.5. The number of anilines is 1. The average Bonchev–Trinajstić information content (AvgIpc) is 2.94. The fraction of sp³-hybridized carbons (Fsp3) is 0.0714. The lowest BCUT2D eigenvalue weighted by molar-refractivity contribution is -0.119. The lowest BCUT2D eigenvalue weighted by atomic mass is 10.2. The Morgan fingerprint density at radius 3 is 2.50 bits per heavy atom. The molecule has 0 spiro atoms. The number of benzene rings is 1. The number of amides is 2. The number of nitrogens with two attached hydrogens (primary N) is 1. The topological polar surface area (TPSA) is 98.5 Å². The third-order valence-electron chi connectivity index (χ3n) is 2.60. The number of primary amides is 1. The second-order valence-electron chi connectivity index (χ2n) is 4.16. The fourth-order valence-electron chi connectivity index (χ4n) is 1.56. The van der Waals surface area contributed by atoms with Crippen molar-refractivity contribution in [3.05, 3.63) is 50.4 Å². The van der Waals surface area contributed by atoms with Crippen molar-refractivity contribution in [3.63, 3.8) is 0 Å². The van der Waals surface area contributed by atoms with Gasteiger partial charge in [0.25, 0.3) is 11.8 Å². The highest BCUT2D eigenvalue weighted by molar-refractivity contribution is 14.1. The Bertz CT molecular complexity index is 712. The quantitative estimate of drug-likeness (QED) is 0.562. The summed E-state index contributed by atoms with van der Waals surface area (Å²) in [6.07, 6.45) is 0. The molecule has 3 N–H and O–H groups in total. The van der Waals surface area contributed by atoms with Crippen LogP contribution in [0.15, 0.2) is 35.7 Å². The standard InChI is InChI=1S/C14H11IN2O4S/c15-9-3-1-8(2-4-9)14(20)21-7-11(18)17-13-10(12(16)19)5-6-22-13/h1-6H,7H2,(H2,16,19)(H,17,18). The van der Waals surface area contributed by atoms with E-state index in [2.05, 4.69) is 27.9 Å². The highest BCUT2D eigenvalue weighted by atomic mass is 127. The molecule has 0 fully saturated rings. The third kappa shape index (κ3) is 4.28. The van der Waals surface area contributed by atoms with Gasteiger partial charge in [0, 0.05) is 3.57 Å². The first-order valence-electron chi connectivity index (χ1n) is 6.07. The molecule has 0 aliphatic carbocycles. The molecule has 8 heteroatoms. The summed E-state index contributed by atoms with van der Waals surface area (Å²) in [5.41, 5.74) is 5.76. The summed E-state index contributed by atoms with van der Waals surface area (Å²) in [6, 6.07) is 8.28. The van der Waals surface area contributed by atoms with Crippen LogP contribution in [0.4, 0.5) is 5.00 Å². The third-order valence-corrected chi connectivity index (χ3v) is 4.15. The van der Waals surface area contributed by atoms with Crippen molar-refractivity contribution in [2.24, 2.45) is 5.73 Å². The molecule has 2 aromatic rings. The van der Waals surface area contributed by atoms with Gasteiger partial charge in [0.05, 0.1) is 11.1 Å². The number of carbonyl (C=O) groups excluding carboxylic acids is 3. The Morgan fingerprint density at radius 2 is 1.86 bits per heavy atom. The minimum atomic E-state index is -0.632. The second-order valence-corrected chi connectivity index (χ2v) is 6.32. The molecule has 0 aliphatic heterocycles. The van der Waals surface area contributed by atoms with Crippen LogP contribution in [0.2, 0.25) is 0 Å². The molecule has 114 valence electrons. The maximum absolute atomic E-state index is 11.8. The number of ether oxygens (including phenoxy) is 1. The van der Waals surface area contributed by atoms with E-state index in [9.17, 15) is 14.4 Å². The Kier molecular flexibility index (Phi) is 5.50. The van der Waals surface area contributed by atoms with Gasteiger partial charge in [-0.25, -0.2) is 4.79 Å². The van der Waals surface area contributed by atoms with Gasteiger partial charge < -0.3 is 15.8 Å². The van der Waals surface area contributed by atoms with E-state index in [4.69, 9.17) is 10.5 Å². The molecule has 0 unspecified atom stereocenters. The number of carbonyl (C=O) groups is 3. The molecule has 0 saturated carbocycles. The Labute approximate surface area is 143 Å². The summed E-state index contributed by atoms with van der Waals surface area (Å²) in [5, 5.41) is 4.46. The number of rotatable bonds is 5. The first kappa shape index (κ1) is 16.4. The summed E-state index contributed by atoms with van der Waals surface area (Å²) in [6.45, 7) is -0.444. The predicted octanol–water partition coefficient (Wildman–Crippen LogP) is 2.25. The molecule has 1 aromatic heterocycles. The number of thiophene rings is 1. The zero-order chi connectivity index (χ0) is 16.1. The van der Waals surface area contributed by atoms with E-state index in [1.165, 1.54) is 6.07 Å². The van der Waals surface area contributed by atoms with Gasteiger partial charge in [0.2, 0.25) is 0 Å². The van der Waals surface area contributed by atoms with E-state index in [0.717, 1.165) is 14.9 Å². The van der Waals surface area contributed by atoms with E-state index in [1.54, 1.807) is 29.6 Å². The molecule has 22 heavy (non-hydrogen) atoms. The van der Waals surface area contributed by atoms with Gasteiger partial charge in [-0.1, -0.05) is 0 Å². The summed E-state index contributed by atoms with van der Waals surface area (Å²) < 4.78 is 5.90. The largest absolute Gasteiger partial charge is 0.452 e. The van der Waals surface area contributed by atoms with Gasteiger partial charge in [0.1, 0.15) is 5.00 Å². The second kappa shape index (κ2) is 7.36. The summed E-state index contributed by atoms with van der Waals surface area (Å²) in [4.78, 5) is 34.6. The van der Waals surface area contributed by atoms with Gasteiger partial charge in [-0.2, -0.15) is 0 Å². The number of halogens is 1. The summed E-state index contributed by atoms with van der Waals surface area (Å²) >= 11 is 3.28. The van der Waals surface area contributed by atoms with Crippen LogP contribution in [-0.4, -0.2) is 24.4 Å². The molecule has 1 heterocycles. The van der Waals surface area contributed by atoms with Crippen molar-refractivity contribution in [1.82, 2.24) is 0 Å². The van der Waals surface area contributed by atoms with E-state index >= 15 is 0 Å². The van der Waals surface area contributed by atoms with E-state index < -0.39 is 24.4 Å². The van der Waals surface area contributed by atoms with Gasteiger partial charge in [-0.3, -0.25) is 9.59 Å². The van der Waals surface area contributed by atoms with Crippen LogP contribution in [0.1, 0.15) is 20.7 Å². The summed E-state index contributed by atoms with van der Waals surface area (Å²) in [7, 11) is 0. The minimum absolute atomic E-state index is 0.224. The molecule has 2 amide bonds. The molecule has 2 rings (SSSR count). The smallest absolute Gasteiger partial charge is 0.338 e. The highest BCUT2D eigenvalue weighted by Crippen LogP contribution is 2.22. The average molecular weight is 430 g/mol. The normalized spacial score (nSPS) is 10.0. The highest BCUT2D eigenvalue weighted by Gasteiger charge is 2.14. The monoisotopic (exact) mass is 430 g/mol. The van der Waals surface area contributed by atoms with E-state index in [0.29, 0.717) is 10.6 Å². The molecular formula is C14H11IN2O4S. The molecule has 0 aliphatic rings. The van der Waals surface area contributed by atoms with Crippen molar-refractivity contribution in [2.75, 3.05) is 11.9 Å². The zero-order valence-corrected chi connectivity index (χ0v) is 14.1. The Hall–Kier alpha value is -1.94. The molecule has 0 radical (unpaired) electrons. The zero-order valence-electron chi connectivity index (χ0n) is 11.2. The number of hydrogen-bond acceptors (Lipinski definition) is 5. The number of hydrogen-bond donors (Lipinski definition) is 2. The van der Waals surface area contributed by atoms with Crippen molar-refractivity contribution < 1.29 is 19.1 Å². The van der Waals surface area contributed by atoms with Crippen LogP contribution < -0.4 is 11.1 Å². The van der Waals surface area contributed by atoms with Crippen LogP contribution in [0.25, 0.3) is 0 Å². The van der Waals surface area contributed by atoms with Crippen LogP contribution in [-0.2, 0) is 9.53 Å². The Balaban J connectivity index is 1.90. The van der Waals surface area contributed by atoms with Gasteiger partial charge >= 0.3 is 5.97 Å². The van der Waals surface area contributed by atoms with Crippen LogP contribution in [0.3, 0.4) is 0 Å². The van der Waals surface area contributed by atoms with Crippen molar-refractivity contribution in [2.45, 2.75) is 0 Å². The molecule has 0 saturated heterocycles. The van der Waals surface area contributed by atoms with Crippen molar-refractivity contribution in [3.8, 4) is 0 Å². The lowest BCUT2D eigenvalue weighted by Crippen LogP contribution is -2.22. The fourth-order valence-corrected chi connectivity index (χ4v) is 2.73. The van der Waals surface area contributed by atoms with Crippen LogP contribution >= 0.6 is 33.9 Å². The van der Waals surface area contributed by atoms with Crippen LogP contribution in [0.5, 0.6) is 0 Å². The molecule has 1 aromatic carbocycles. The summed E-state index contributed by atoms with van der Waals surface area (Å²) in [5.74, 6) is -1.76. The minimum Gasteiger partial charge on any atom is -0.452 e. The Morgan fingerprint density at radius 1 is 1.18 bits per heavy atom. The molecule has 0 atom stereocenters. The van der Waals surface area contributed by atoms with E-state index in [1.807, 2.05) is 0 Å². The molecular weight excluding hydrogens is 419 g/mol. The maximum Gasteiger partial charge on any atom is 0.338 e. The number of nitrogens with one attached hydrogen (secondary N) is 1. The predicted molar refractivity (Wildman–Crippen MR) is 90.9 cm³/mol. The first-order valence-corrected chi connectivity index (χ1v) is 8.03. The maximum atomic E-state index is 11.8.